The monoisotopic (exact) mass is 232 g/mol. The molecule has 0 spiro atoms. The molecular weight excluding hydrogens is 212 g/mol. The van der Waals surface area contributed by atoms with E-state index < -0.39 is 0 Å². The smallest absolute Gasteiger partial charge is 0.316 e. The van der Waals surface area contributed by atoms with E-state index in [1.165, 1.54) is 5.56 Å². The van der Waals surface area contributed by atoms with Crippen LogP contribution in [0.25, 0.3) is 0 Å². The first kappa shape index (κ1) is 12.2. The molecular formula is C15H20O2. The molecule has 0 N–H and O–H groups in total. The number of hydrogen-bond donors (Lipinski definition) is 0. The zero-order valence-corrected chi connectivity index (χ0v) is 10.7. The number of benzene rings is 1. The molecule has 17 heavy (non-hydrogen) atoms. The molecule has 92 valence electrons. The molecule has 1 aliphatic carbocycles. The van der Waals surface area contributed by atoms with E-state index in [2.05, 4.69) is 31.2 Å². The van der Waals surface area contributed by atoms with Crippen molar-refractivity contribution in [2.24, 2.45) is 0 Å². The van der Waals surface area contributed by atoms with Crippen LogP contribution in [0.5, 0.6) is 0 Å². The third-order valence-corrected chi connectivity index (χ3v) is 3.46. The molecule has 0 aromatic heterocycles. The Morgan fingerprint density at radius 2 is 1.88 bits per heavy atom. The third-order valence-electron chi connectivity index (χ3n) is 3.46. The van der Waals surface area contributed by atoms with E-state index in [9.17, 15) is 4.79 Å². The SMILES string of the molecule is CCCc1ccc(C2(C(=O)OCC)CC2)cc1. The predicted molar refractivity (Wildman–Crippen MR) is 68.0 cm³/mol. The first-order valence-corrected chi connectivity index (χ1v) is 6.49. The second-order valence-corrected chi connectivity index (χ2v) is 4.75. The van der Waals surface area contributed by atoms with Gasteiger partial charge in [-0.1, -0.05) is 37.6 Å². The summed E-state index contributed by atoms with van der Waals surface area (Å²) in [5.41, 5.74) is 2.15. The maximum Gasteiger partial charge on any atom is 0.316 e. The topological polar surface area (TPSA) is 26.3 Å². The summed E-state index contributed by atoms with van der Waals surface area (Å²) in [7, 11) is 0. The quantitative estimate of drug-likeness (QED) is 0.728. The number of hydrogen-bond acceptors (Lipinski definition) is 2. The average Bonchev–Trinajstić information content (AvgIpc) is 3.12. The predicted octanol–water partition coefficient (Wildman–Crippen LogP) is 3.23. The Kier molecular flexibility index (Phi) is 3.51. The zero-order valence-electron chi connectivity index (χ0n) is 10.7. The highest BCUT2D eigenvalue weighted by atomic mass is 16.5. The lowest BCUT2D eigenvalue weighted by Gasteiger charge is -2.14. The van der Waals surface area contributed by atoms with Gasteiger partial charge in [-0.05, 0) is 37.3 Å². The van der Waals surface area contributed by atoms with Gasteiger partial charge in [0.15, 0.2) is 0 Å². The fourth-order valence-corrected chi connectivity index (χ4v) is 2.28. The highest BCUT2D eigenvalue weighted by Crippen LogP contribution is 2.49. The first-order valence-electron chi connectivity index (χ1n) is 6.49. The van der Waals surface area contributed by atoms with E-state index in [-0.39, 0.29) is 11.4 Å². The maximum atomic E-state index is 11.9. The van der Waals surface area contributed by atoms with Crippen molar-refractivity contribution in [1.29, 1.82) is 0 Å². The van der Waals surface area contributed by atoms with Gasteiger partial charge in [0.25, 0.3) is 0 Å². The van der Waals surface area contributed by atoms with Crippen LogP contribution in [0.4, 0.5) is 0 Å². The van der Waals surface area contributed by atoms with Crippen LogP contribution in [0.3, 0.4) is 0 Å². The number of esters is 1. The van der Waals surface area contributed by atoms with Crippen molar-refractivity contribution in [3.05, 3.63) is 35.4 Å². The summed E-state index contributed by atoms with van der Waals surface area (Å²) >= 11 is 0. The minimum absolute atomic E-state index is 0.0526. The summed E-state index contributed by atoms with van der Waals surface area (Å²) in [6.45, 7) is 4.50. The lowest BCUT2D eigenvalue weighted by Crippen LogP contribution is -2.23. The Morgan fingerprint density at radius 3 is 2.35 bits per heavy atom. The molecule has 1 fully saturated rings. The van der Waals surface area contributed by atoms with Crippen LogP contribution in [0.15, 0.2) is 24.3 Å². The molecule has 0 bridgehead atoms. The molecule has 1 saturated carbocycles. The molecule has 0 amide bonds. The molecule has 0 unspecified atom stereocenters. The molecule has 0 atom stereocenters. The van der Waals surface area contributed by atoms with E-state index >= 15 is 0 Å². The van der Waals surface area contributed by atoms with Crippen LogP contribution >= 0.6 is 0 Å². The Morgan fingerprint density at radius 1 is 1.24 bits per heavy atom. The molecule has 1 aromatic carbocycles. The van der Waals surface area contributed by atoms with E-state index in [0.717, 1.165) is 31.2 Å². The van der Waals surface area contributed by atoms with Gasteiger partial charge in [-0.15, -0.1) is 0 Å². The Balaban J connectivity index is 2.14. The lowest BCUT2D eigenvalue weighted by atomic mass is 9.94. The van der Waals surface area contributed by atoms with Crippen LogP contribution in [0, 0.1) is 0 Å². The van der Waals surface area contributed by atoms with Gasteiger partial charge >= 0.3 is 5.97 Å². The Hall–Kier alpha value is -1.31. The molecule has 2 rings (SSSR count). The van der Waals surface area contributed by atoms with Crippen molar-refractivity contribution in [2.75, 3.05) is 6.61 Å². The van der Waals surface area contributed by atoms with Gasteiger partial charge in [-0.3, -0.25) is 4.79 Å². The van der Waals surface area contributed by atoms with Crippen LogP contribution in [0.1, 0.15) is 44.2 Å². The van der Waals surface area contributed by atoms with Crippen LogP contribution < -0.4 is 0 Å². The zero-order chi connectivity index (χ0) is 12.3. The van der Waals surface area contributed by atoms with Crippen LogP contribution in [0.2, 0.25) is 0 Å². The minimum atomic E-state index is -0.319. The molecule has 1 aliphatic rings. The number of rotatable bonds is 5. The largest absolute Gasteiger partial charge is 0.465 e. The molecule has 0 aliphatic heterocycles. The van der Waals surface area contributed by atoms with Crippen molar-refractivity contribution in [3.8, 4) is 0 Å². The maximum absolute atomic E-state index is 11.9. The first-order chi connectivity index (χ1) is 8.23. The normalized spacial score (nSPS) is 16.6. The van der Waals surface area contributed by atoms with Gasteiger partial charge < -0.3 is 4.74 Å². The summed E-state index contributed by atoms with van der Waals surface area (Å²) in [6, 6.07) is 8.46. The summed E-state index contributed by atoms with van der Waals surface area (Å²) in [6.07, 6.45) is 4.12. The van der Waals surface area contributed by atoms with Gasteiger partial charge in [0.2, 0.25) is 0 Å². The van der Waals surface area contributed by atoms with Crippen LogP contribution in [-0.4, -0.2) is 12.6 Å². The highest BCUT2D eigenvalue weighted by molar-refractivity contribution is 5.86. The molecule has 2 heteroatoms. The number of carbonyl (C=O) groups excluding carboxylic acids is 1. The average molecular weight is 232 g/mol. The van der Waals surface area contributed by atoms with Crippen LogP contribution in [-0.2, 0) is 21.4 Å². The summed E-state index contributed by atoms with van der Waals surface area (Å²) in [4.78, 5) is 11.9. The second kappa shape index (κ2) is 4.91. The van der Waals surface area contributed by atoms with Gasteiger partial charge in [0.05, 0.1) is 12.0 Å². The molecule has 2 nitrogen and oxygen atoms in total. The van der Waals surface area contributed by atoms with Gasteiger partial charge in [-0.25, -0.2) is 0 Å². The lowest BCUT2D eigenvalue weighted by molar-refractivity contribution is -0.146. The highest BCUT2D eigenvalue weighted by Gasteiger charge is 2.52. The summed E-state index contributed by atoms with van der Waals surface area (Å²) < 4.78 is 5.16. The van der Waals surface area contributed by atoms with Crippen molar-refractivity contribution in [2.45, 2.75) is 44.9 Å². The van der Waals surface area contributed by atoms with Gasteiger partial charge in [0.1, 0.15) is 0 Å². The summed E-state index contributed by atoms with van der Waals surface area (Å²) in [5, 5.41) is 0. The van der Waals surface area contributed by atoms with Crippen molar-refractivity contribution in [1.82, 2.24) is 0 Å². The van der Waals surface area contributed by atoms with E-state index in [1.807, 2.05) is 6.92 Å². The fourth-order valence-electron chi connectivity index (χ4n) is 2.28. The number of carbonyl (C=O) groups is 1. The third kappa shape index (κ3) is 2.36. The van der Waals surface area contributed by atoms with E-state index in [1.54, 1.807) is 0 Å². The van der Waals surface area contributed by atoms with Gasteiger partial charge in [-0.2, -0.15) is 0 Å². The number of ether oxygens (including phenoxy) is 1. The van der Waals surface area contributed by atoms with E-state index in [0.29, 0.717) is 6.61 Å². The molecule has 0 heterocycles. The Bertz CT molecular complexity index is 388. The van der Waals surface area contributed by atoms with Crippen molar-refractivity contribution >= 4 is 5.97 Å². The van der Waals surface area contributed by atoms with Crippen molar-refractivity contribution in [3.63, 3.8) is 0 Å². The second-order valence-electron chi connectivity index (χ2n) is 4.75. The molecule has 0 saturated heterocycles. The summed E-state index contributed by atoms with van der Waals surface area (Å²) in [5.74, 6) is -0.0526. The molecule has 0 radical (unpaired) electrons. The number of aryl methyl sites for hydroxylation is 1. The van der Waals surface area contributed by atoms with Gasteiger partial charge in [0, 0.05) is 0 Å². The minimum Gasteiger partial charge on any atom is -0.465 e. The molecule has 1 aromatic rings. The fraction of sp³-hybridized carbons (Fsp3) is 0.533. The van der Waals surface area contributed by atoms with Crippen molar-refractivity contribution < 1.29 is 9.53 Å². The Labute approximate surface area is 103 Å². The standard InChI is InChI=1S/C15H20O2/c1-3-5-12-6-8-13(9-7-12)15(10-11-15)14(16)17-4-2/h6-9H,3-5,10-11H2,1-2H3. The van der Waals surface area contributed by atoms with E-state index in [4.69, 9.17) is 4.74 Å².